The number of unbranched alkanes of at least 4 members (excludes halogenated alkanes) is 18. The molecule has 0 aromatic rings. The number of nitrogens with zero attached hydrogens (tertiary/aromatic N) is 1. The van der Waals surface area contributed by atoms with Crippen molar-refractivity contribution >= 4 is 11.9 Å². The summed E-state index contributed by atoms with van der Waals surface area (Å²) in [5, 5.41) is 9.17. The Morgan fingerprint density at radius 3 is 1.45 bits per heavy atom. The summed E-state index contributed by atoms with van der Waals surface area (Å²) in [7, 11) is 0. The number of rotatable bonds is 21. The molecule has 1 aliphatic heterocycles. The fourth-order valence-corrected chi connectivity index (χ4v) is 4.82. The van der Waals surface area contributed by atoms with Crippen LogP contribution in [0.2, 0.25) is 0 Å². The van der Waals surface area contributed by atoms with Crippen molar-refractivity contribution in [3.8, 4) is 0 Å². The van der Waals surface area contributed by atoms with E-state index >= 15 is 0 Å². The van der Waals surface area contributed by atoms with Crippen LogP contribution in [0.4, 0.5) is 0 Å². The Morgan fingerprint density at radius 2 is 1.06 bits per heavy atom. The molecule has 1 aliphatic rings. The van der Waals surface area contributed by atoms with Crippen LogP contribution in [0, 0.1) is 0 Å². The maximum Gasteiger partial charge on any atom is 0.326 e. The number of hydrogen-bond acceptors (Lipinski definition) is 2. The van der Waals surface area contributed by atoms with Crippen LogP contribution < -0.4 is 0 Å². The fraction of sp³-hybridized carbons (Fsp3) is 0.926. The number of likely N-dealkylation sites (tertiary alicyclic amines) is 1. The summed E-state index contributed by atoms with van der Waals surface area (Å²) in [6.07, 6.45) is 27.5. The van der Waals surface area contributed by atoms with Gasteiger partial charge in [0, 0.05) is 13.0 Å². The van der Waals surface area contributed by atoms with Gasteiger partial charge in [-0.2, -0.15) is 0 Å². The first-order chi connectivity index (χ1) is 15.2. The molecule has 1 fully saturated rings. The number of carboxylic acid groups (broad SMARTS) is 1. The van der Waals surface area contributed by atoms with Gasteiger partial charge in [0.15, 0.2) is 0 Å². The molecule has 0 radical (unpaired) electrons. The molecule has 0 aliphatic carbocycles. The van der Waals surface area contributed by atoms with Gasteiger partial charge < -0.3 is 10.0 Å². The predicted molar refractivity (Wildman–Crippen MR) is 130 cm³/mol. The van der Waals surface area contributed by atoms with E-state index in [0.717, 1.165) is 19.3 Å². The molecule has 0 saturated carbocycles. The summed E-state index contributed by atoms with van der Waals surface area (Å²) in [4.78, 5) is 25.0. The van der Waals surface area contributed by atoms with Crippen molar-refractivity contribution in [2.24, 2.45) is 0 Å². The molecule has 1 heterocycles. The molecule has 0 bridgehead atoms. The number of hydrogen-bond donors (Lipinski definition) is 1. The quantitative estimate of drug-likeness (QED) is 0.186. The molecule has 0 aromatic carbocycles. The normalized spacial score (nSPS) is 16.2. The van der Waals surface area contributed by atoms with Gasteiger partial charge in [-0.15, -0.1) is 0 Å². The molecule has 0 spiro atoms. The van der Waals surface area contributed by atoms with Crippen LogP contribution in [0.25, 0.3) is 0 Å². The molecule has 1 N–H and O–H groups in total. The zero-order valence-electron chi connectivity index (χ0n) is 20.6. The van der Waals surface area contributed by atoms with E-state index in [-0.39, 0.29) is 5.91 Å². The Morgan fingerprint density at radius 1 is 0.677 bits per heavy atom. The first-order valence-corrected chi connectivity index (χ1v) is 13.7. The molecule has 31 heavy (non-hydrogen) atoms. The summed E-state index contributed by atoms with van der Waals surface area (Å²) in [5.41, 5.74) is 0. The largest absolute Gasteiger partial charge is 0.480 e. The lowest BCUT2D eigenvalue weighted by molar-refractivity contribution is -0.148. The molecule has 1 amide bonds. The topological polar surface area (TPSA) is 57.6 Å². The van der Waals surface area contributed by atoms with Crippen molar-refractivity contribution in [1.82, 2.24) is 4.90 Å². The van der Waals surface area contributed by atoms with Crippen LogP contribution in [0.1, 0.15) is 148 Å². The Bertz CT molecular complexity index is 452. The summed E-state index contributed by atoms with van der Waals surface area (Å²) >= 11 is 0. The van der Waals surface area contributed by atoms with Gasteiger partial charge in [0.2, 0.25) is 5.91 Å². The van der Waals surface area contributed by atoms with E-state index in [1.807, 2.05) is 0 Å². The van der Waals surface area contributed by atoms with Crippen LogP contribution in [0.15, 0.2) is 0 Å². The lowest BCUT2D eigenvalue weighted by Gasteiger charge is -2.21. The zero-order valence-corrected chi connectivity index (χ0v) is 20.6. The van der Waals surface area contributed by atoms with Gasteiger partial charge in [-0.25, -0.2) is 4.79 Å². The highest BCUT2D eigenvalue weighted by Gasteiger charge is 2.33. The van der Waals surface area contributed by atoms with Crippen LogP contribution >= 0.6 is 0 Å². The molecular formula is C27H51NO3. The van der Waals surface area contributed by atoms with Crippen LogP contribution in [-0.2, 0) is 9.59 Å². The van der Waals surface area contributed by atoms with Crippen molar-refractivity contribution in [3.63, 3.8) is 0 Å². The fourth-order valence-electron chi connectivity index (χ4n) is 4.82. The van der Waals surface area contributed by atoms with Gasteiger partial charge in [0.1, 0.15) is 6.04 Å². The predicted octanol–water partition coefficient (Wildman–Crippen LogP) is 7.88. The van der Waals surface area contributed by atoms with E-state index < -0.39 is 12.0 Å². The van der Waals surface area contributed by atoms with Gasteiger partial charge in [-0.3, -0.25) is 4.79 Å². The Hall–Kier alpha value is -1.06. The molecule has 4 heteroatoms. The summed E-state index contributed by atoms with van der Waals surface area (Å²) in [6, 6.07) is -0.576. The monoisotopic (exact) mass is 437 g/mol. The standard InChI is InChI=1S/C27H51NO3/c1-2-3-4-5-6-7-8-9-10-11-12-13-14-15-16-17-18-19-20-23-26(29)28-24-21-22-25(28)27(30)31/h25H,2-24H2,1H3,(H,30,31)/t25-/m0/s1. The molecule has 182 valence electrons. The maximum absolute atomic E-state index is 12.2. The minimum Gasteiger partial charge on any atom is -0.480 e. The van der Waals surface area contributed by atoms with Gasteiger partial charge in [-0.05, 0) is 19.3 Å². The van der Waals surface area contributed by atoms with Crippen molar-refractivity contribution in [2.75, 3.05) is 6.54 Å². The lowest BCUT2D eigenvalue weighted by atomic mass is 10.0. The summed E-state index contributed by atoms with van der Waals surface area (Å²) in [6.45, 7) is 2.90. The first kappa shape index (κ1) is 28.0. The van der Waals surface area contributed by atoms with E-state index in [0.29, 0.717) is 19.4 Å². The summed E-state index contributed by atoms with van der Waals surface area (Å²) < 4.78 is 0. The molecule has 0 unspecified atom stereocenters. The molecule has 1 atom stereocenters. The molecule has 4 nitrogen and oxygen atoms in total. The SMILES string of the molecule is CCCCCCCCCCCCCCCCCCCCCC(=O)N1CCC[C@H]1C(=O)O. The van der Waals surface area contributed by atoms with Gasteiger partial charge >= 0.3 is 5.97 Å². The van der Waals surface area contributed by atoms with E-state index in [1.54, 1.807) is 4.90 Å². The maximum atomic E-state index is 12.2. The number of aliphatic carboxylic acids is 1. The van der Waals surface area contributed by atoms with Crippen molar-refractivity contribution in [2.45, 2.75) is 154 Å². The van der Waals surface area contributed by atoms with Crippen LogP contribution in [0.5, 0.6) is 0 Å². The zero-order chi connectivity index (χ0) is 22.6. The van der Waals surface area contributed by atoms with E-state index in [2.05, 4.69) is 6.92 Å². The van der Waals surface area contributed by atoms with Crippen LogP contribution in [-0.4, -0.2) is 34.5 Å². The average molecular weight is 438 g/mol. The van der Waals surface area contributed by atoms with Crippen molar-refractivity contribution < 1.29 is 14.7 Å². The first-order valence-electron chi connectivity index (χ1n) is 13.7. The number of carbonyl (C=O) groups excluding carboxylic acids is 1. The lowest BCUT2D eigenvalue weighted by Crippen LogP contribution is -2.40. The van der Waals surface area contributed by atoms with Gasteiger partial charge in [0.25, 0.3) is 0 Å². The highest BCUT2D eigenvalue weighted by atomic mass is 16.4. The second-order valence-electron chi connectivity index (χ2n) is 9.70. The van der Waals surface area contributed by atoms with Crippen molar-refractivity contribution in [1.29, 1.82) is 0 Å². The average Bonchev–Trinajstić information content (AvgIpc) is 3.26. The van der Waals surface area contributed by atoms with E-state index in [1.165, 1.54) is 109 Å². The Balaban J connectivity index is 1.77. The highest BCUT2D eigenvalue weighted by molar-refractivity contribution is 5.84. The van der Waals surface area contributed by atoms with Gasteiger partial charge in [0.05, 0.1) is 0 Å². The molecular weight excluding hydrogens is 386 g/mol. The Kier molecular flexibility index (Phi) is 17.7. The number of carbonyl (C=O) groups is 2. The third-order valence-corrected chi connectivity index (χ3v) is 6.85. The molecule has 0 aromatic heterocycles. The minimum atomic E-state index is -0.848. The number of amides is 1. The smallest absolute Gasteiger partial charge is 0.326 e. The van der Waals surface area contributed by atoms with Crippen LogP contribution in [0.3, 0.4) is 0 Å². The van der Waals surface area contributed by atoms with Gasteiger partial charge in [-0.1, -0.05) is 122 Å². The summed E-state index contributed by atoms with van der Waals surface area (Å²) in [5.74, 6) is -0.809. The van der Waals surface area contributed by atoms with Crippen molar-refractivity contribution in [3.05, 3.63) is 0 Å². The second kappa shape index (κ2) is 19.6. The molecule has 1 saturated heterocycles. The second-order valence-corrected chi connectivity index (χ2v) is 9.70. The highest BCUT2D eigenvalue weighted by Crippen LogP contribution is 2.20. The third-order valence-electron chi connectivity index (χ3n) is 6.85. The van der Waals surface area contributed by atoms with E-state index in [4.69, 9.17) is 0 Å². The minimum absolute atomic E-state index is 0.0388. The number of carboxylic acids is 1. The Labute approximate surface area is 192 Å². The molecule has 1 rings (SSSR count). The third kappa shape index (κ3) is 14.6. The van der Waals surface area contributed by atoms with E-state index in [9.17, 15) is 14.7 Å².